The first kappa shape index (κ1) is 12.0. The molecule has 19 heavy (non-hydrogen) atoms. The summed E-state index contributed by atoms with van der Waals surface area (Å²) in [5.74, 6) is 0. The summed E-state index contributed by atoms with van der Waals surface area (Å²) in [6.07, 6.45) is 0. The molecular formula is C12H7IN4O2. The molecule has 0 spiro atoms. The normalized spacial score (nSPS) is 10.8. The van der Waals surface area contributed by atoms with Crippen LogP contribution in [-0.4, -0.2) is 19.9 Å². The van der Waals surface area contributed by atoms with Crippen LogP contribution in [0.4, 0.5) is 5.69 Å². The molecule has 0 unspecified atom stereocenters. The summed E-state index contributed by atoms with van der Waals surface area (Å²) < 4.78 is 1.08. The number of nitrogens with zero attached hydrogens (tertiary/aromatic N) is 4. The third-order valence-corrected chi connectivity index (χ3v) is 3.30. The summed E-state index contributed by atoms with van der Waals surface area (Å²) in [6, 6.07) is 11.9. The van der Waals surface area contributed by atoms with E-state index >= 15 is 0 Å². The van der Waals surface area contributed by atoms with Gasteiger partial charge in [0.2, 0.25) is 0 Å². The van der Waals surface area contributed by atoms with Crippen LogP contribution in [0.25, 0.3) is 16.7 Å². The second kappa shape index (κ2) is 4.57. The zero-order valence-electron chi connectivity index (χ0n) is 9.52. The first-order valence-corrected chi connectivity index (χ1v) is 6.49. The summed E-state index contributed by atoms with van der Waals surface area (Å²) in [7, 11) is 0. The summed E-state index contributed by atoms with van der Waals surface area (Å²) in [4.78, 5) is 11.6. The van der Waals surface area contributed by atoms with E-state index in [1.54, 1.807) is 12.1 Å². The van der Waals surface area contributed by atoms with Gasteiger partial charge in [0.15, 0.2) is 0 Å². The first-order valence-electron chi connectivity index (χ1n) is 5.41. The van der Waals surface area contributed by atoms with Crippen LogP contribution in [-0.2, 0) is 0 Å². The van der Waals surface area contributed by atoms with Crippen LogP contribution in [0.2, 0.25) is 0 Å². The Morgan fingerprint density at radius 1 is 1.05 bits per heavy atom. The Bertz CT molecular complexity index is 767. The third-order valence-electron chi connectivity index (χ3n) is 2.63. The van der Waals surface area contributed by atoms with Crippen molar-refractivity contribution in [2.75, 3.05) is 0 Å². The van der Waals surface area contributed by atoms with Crippen LogP contribution in [0, 0.1) is 13.7 Å². The highest BCUT2D eigenvalue weighted by Crippen LogP contribution is 2.17. The SMILES string of the molecule is O=[N+]([O-])c1ccc(-n2nc3ccc(I)cc3n2)cc1. The lowest BCUT2D eigenvalue weighted by molar-refractivity contribution is -0.384. The molecule has 1 aromatic heterocycles. The molecule has 0 N–H and O–H groups in total. The number of fused-ring (bicyclic) bond motifs is 1. The van der Waals surface area contributed by atoms with Gasteiger partial charge in [-0.25, -0.2) is 0 Å². The van der Waals surface area contributed by atoms with Gasteiger partial charge in [-0.2, -0.15) is 4.80 Å². The minimum atomic E-state index is -0.431. The van der Waals surface area contributed by atoms with E-state index in [0.717, 1.165) is 14.6 Å². The lowest BCUT2D eigenvalue weighted by Crippen LogP contribution is -1.98. The van der Waals surface area contributed by atoms with Crippen LogP contribution >= 0.6 is 22.6 Å². The van der Waals surface area contributed by atoms with E-state index in [4.69, 9.17) is 0 Å². The number of nitro groups is 1. The highest BCUT2D eigenvalue weighted by Gasteiger charge is 2.08. The minimum absolute atomic E-state index is 0.0509. The molecule has 0 aliphatic carbocycles. The van der Waals surface area contributed by atoms with Crippen molar-refractivity contribution in [1.82, 2.24) is 15.0 Å². The molecule has 3 aromatic rings. The van der Waals surface area contributed by atoms with E-state index < -0.39 is 4.92 Å². The smallest absolute Gasteiger partial charge is 0.258 e. The Balaban J connectivity index is 2.06. The number of non-ortho nitro benzene ring substituents is 1. The fraction of sp³-hybridized carbons (Fsp3) is 0. The highest BCUT2D eigenvalue weighted by atomic mass is 127. The molecule has 0 fully saturated rings. The number of nitro benzene ring substituents is 1. The van der Waals surface area contributed by atoms with Crippen molar-refractivity contribution < 1.29 is 4.92 Å². The lowest BCUT2D eigenvalue weighted by atomic mass is 10.3. The van der Waals surface area contributed by atoms with Crippen molar-refractivity contribution in [3.63, 3.8) is 0 Å². The number of aromatic nitrogens is 3. The Morgan fingerprint density at radius 3 is 2.42 bits per heavy atom. The molecule has 0 saturated carbocycles. The van der Waals surface area contributed by atoms with E-state index in [2.05, 4.69) is 32.8 Å². The zero-order chi connectivity index (χ0) is 13.4. The summed E-state index contributed by atoms with van der Waals surface area (Å²) >= 11 is 2.21. The summed E-state index contributed by atoms with van der Waals surface area (Å²) in [5, 5.41) is 19.3. The molecule has 6 nitrogen and oxygen atoms in total. The van der Waals surface area contributed by atoms with Gasteiger partial charge in [-0.1, -0.05) is 0 Å². The fourth-order valence-corrected chi connectivity index (χ4v) is 2.19. The Hall–Kier alpha value is -2.03. The van der Waals surface area contributed by atoms with Crippen LogP contribution < -0.4 is 0 Å². The van der Waals surface area contributed by atoms with Crippen molar-refractivity contribution in [2.24, 2.45) is 0 Å². The van der Waals surface area contributed by atoms with E-state index in [-0.39, 0.29) is 5.69 Å². The second-order valence-corrected chi connectivity index (χ2v) is 5.14. The van der Waals surface area contributed by atoms with E-state index in [1.807, 2.05) is 18.2 Å². The number of hydrogen-bond donors (Lipinski definition) is 0. The van der Waals surface area contributed by atoms with Crippen LogP contribution in [0.15, 0.2) is 42.5 Å². The topological polar surface area (TPSA) is 73.8 Å². The molecule has 0 aliphatic rings. The number of benzene rings is 2. The fourth-order valence-electron chi connectivity index (χ4n) is 1.71. The van der Waals surface area contributed by atoms with E-state index in [9.17, 15) is 10.1 Å². The predicted molar refractivity (Wildman–Crippen MR) is 78.2 cm³/mol. The first-order chi connectivity index (χ1) is 9.13. The Morgan fingerprint density at radius 2 is 1.74 bits per heavy atom. The molecule has 0 bridgehead atoms. The molecule has 0 radical (unpaired) electrons. The third kappa shape index (κ3) is 2.28. The largest absolute Gasteiger partial charge is 0.269 e. The molecule has 0 saturated heterocycles. The van der Waals surface area contributed by atoms with Gasteiger partial charge in [-0.3, -0.25) is 10.1 Å². The lowest BCUT2D eigenvalue weighted by Gasteiger charge is -1.97. The molecule has 94 valence electrons. The predicted octanol–water partition coefficient (Wildman–Crippen LogP) is 2.93. The van der Waals surface area contributed by atoms with Crippen molar-refractivity contribution >= 4 is 39.3 Å². The van der Waals surface area contributed by atoms with Gasteiger partial charge in [0, 0.05) is 15.7 Å². The molecule has 2 aromatic carbocycles. The van der Waals surface area contributed by atoms with Gasteiger partial charge in [0.25, 0.3) is 5.69 Å². The van der Waals surface area contributed by atoms with Gasteiger partial charge in [0.1, 0.15) is 11.0 Å². The number of rotatable bonds is 2. The maximum absolute atomic E-state index is 10.6. The Kier molecular flexibility index (Phi) is 2.90. The van der Waals surface area contributed by atoms with Gasteiger partial charge in [-0.05, 0) is 52.9 Å². The molecule has 3 rings (SSSR count). The van der Waals surface area contributed by atoms with Crippen LogP contribution in [0.5, 0.6) is 0 Å². The van der Waals surface area contributed by atoms with E-state index in [1.165, 1.54) is 16.9 Å². The molecule has 0 atom stereocenters. The Labute approximate surface area is 121 Å². The summed E-state index contributed by atoms with van der Waals surface area (Å²) in [6.45, 7) is 0. The number of halogens is 1. The zero-order valence-corrected chi connectivity index (χ0v) is 11.7. The molecule has 0 amide bonds. The minimum Gasteiger partial charge on any atom is -0.258 e. The summed E-state index contributed by atoms with van der Waals surface area (Å²) in [5.41, 5.74) is 2.33. The molecule has 1 heterocycles. The van der Waals surface area contributed by atoms with Gasteiger partial charge in [0.05, 0.1) is 10.6 Å². The van der Waals surface area contributed by atoms with Crippen LogP contribution in [0.3, 0.4) is 0 Å². The quantitative estimate of drug-likeness (QED) is 0.397. The van der Waals surface area contributed by atoms with Gasteiger partial charge in [-0.15, -0.1) is 10.2 Å². The van der Waals surface area contributed by atoms with Crippen molar-refractivity contribution in [3.8, 4) is 5.69 Å². The number of hydrogen-bond acceptors (Lipinski definition) is 4. The molecule has 7 heteroatoms. The van der Waals surface area contributed by atoms with Gasteiger partial charge >= 0.3 is 0 Å². The average Bonchev–Trinajstić information content (AvgIpc) is 2.81. The standard InChI is InChI=1S/C12H7IN4O2/c13-8-1-6-11-12(7-8)15-16(14-11)9-2-4-10(5-3-9)17(18)19/h1-7H. The maximum atomic E-state index is 10.6. The second-order valence-electron chi connectivity index (χ2n) is 3.90. The van der Waals surface area contributed by atoms with Crippen LogP contribution in [0.1, 0.15) is 0 Å². The maximum Gasteiger partial charge on any atom is 0.269 e. The van der Waals surface area contributed by atoms with Crippen molar-refractivity contribution in [1.29, 1.82) is 0 Å². The molecule has 0 aliphatic heterocycles. The highest BCUT2D eigenvalue weighted by molar-refractivity contribution is 14.1. The van der Waals surface area contributed by atoms with E-state index in [0.29, 0.717) is 5.69 Å². The van der Waals surface area contributed by atoms with Gasteiger partial charge < -0.3 is 0 Å². The average molecular weight is 366 g/mol. The van der Waals surface area contributed by atoms with Crippen molar-refractivity contribution in [2.45, 2.75) is 0 Å². The van der Waals surface area contributed by atoms with Crippen molar-refractivity contribution in [3.05, 3.63) is 56.1 Å². The monoisotopic (exact) mass is 366 g/mol. The molecular weight excluding hydrogens is 359 g/mol.